The zero-order valence-electron chi connectivity index (χ0n) is 12.2. The standard InChI is InChI=1S/C15H18N4O2/c1-11-3-4-13-12(9-11)17-14(19(13)8-6-16)10-18(2)7-5-15(20)21/h3-4,9H,5,7-8,10H2,1-2H3,(H,20,21). The molecule has 110 valence electrons. The average Bonchev–Trinajstić information content (AvgIpc) is 2.74. The third-order valence-corrected chi connectivity index (χ3v) is 3.33. The number of hydrogen-bond acceptors (Lipinski definition) is 4. The molecular formula is C15H18N4O2. The van der Waals surface area contributed by atoms with E-state index in [2.05, 4.69) is 11.1 Å². The SMILES string of the molecule is Cc1ccc2c(c1)nc(CN(C)CCC(=O)O)n2CC#N. The lowest BCUT2D eigenvalue weighted by molar-refractivity contribution is -0.137. The largest absolute Gasteiger partial charge is 0.481 e. The number of fused-ring (bicyclic) bond motifs is 1. The van der Waals surface area contributed by atoms with Crippen LogP contribution in [0.25, 0.3) is 11.0 Å². The fourth-order valence-electron chi connectivity index (χ4n) is 2.26. The van der Waals surface area contributed by atoms with Crippen LogP contribution in [0.5, 0.6) is 0 Å². The smallest absolute Gasteiger partial charge is 0.304 e. The molecule has 6 heteroatoms. The predicted octanol–water partition coefficient (Wildman–Crippen LogP) is 1.77. The number of carbonyl (C=O) groups is 1. The topological polar surface area (TPSA) is 82.2 Å². The first-order valence-electron chi connectivity index (χ1n) is 6.74. The highest BCUT2D eigenvalue weighted by Crippen LogP contribution is 2.18. The molecule has 0 fully saturated rings. The zero-order chi connectivity index (χ0) is 15.4. The van der Waals surface area contributed by atoms with Crippen molar-refractivity contribution in [3.05, 3.63) is 29.6 Å². The van der Waals surface area contributed by atoms with E-state index in [1.54, 1.807) is 0 Å². The molecule has 0 aliphatic heterocycles. The minimum Gasteiger partial charge on any atom is -0.481 e. The second-order valence-electron chi connectivity index (χ2n) is 5.15. The van der Waals surface area contributed by atoms with Gasteiger partial charge in [0.2, 0.25) is 0 Å². The number of nitriles is 1. The van der Waals surface area contributed by atoms with Crippen LogP contribution in [-0.4, -0.2) is 39.1 Å². The average molecular weight is 286 g/mol. The van der Waals surface area contributed by atoms with E-state index in [-0.39, 0.29) is 13.0 Å². The fraction of sp³-hybridized carbons (Fsp3) is 0.400. The van der Waals surface area contributed by atoms with E-state index in [0.717, 1.165) is 22.4 Å². The molecule has 0 unspecified atom stereocenters. The first-order valence-corrected chi connectivity index (χ1v) is 6.74. The maximum Gasteiger partial charge on any atom is 0.304 e. The van der Waals surface area contributed by atoms with Gasteiger partial charge in [-0.2, -0.15) is 5.26 Å². The van der Waals surface area contributed by atoms with Crippen LogP contribution in [0.3, 0.4) is 0 Å². The minimum atomic E-state index is -0.817. The van der Waals surface area contributed by atoms with Crippen LogP contribution in [0.2, 0.25) is 0 Å². The molecule has 0 spiro atoms. The molecule has 0 bridgehead atoms. The van der Waals surface area contributed by atoms with E-state index in [0.29, 0.717) is 13.1 Å². The second kappa shape index (κ2) is 6.37. The van der Waals surface area contributed by atoms with Crippen molar-refractivity contribution < 1.29 is 9.90 Å². The molecule has 2 rings (SSSR count). The van der Waals surface area contributed by atoms with Gasteiger partial charge in [0.05, 0.1) is 30.1 Å². The number of aryl methyl sites for hydroxylation is 1. The molecule has 0 aliphatic rings. The third-order valence-electron chi connectivity index (χ3n) is 3.33. The number of carboxylic acids is 1. The number of hydrogen-bond donors (Lipinski definition) is 1. The molecule has 6 nitrogen and oxygen atoms in total. The van der Waals surface area contributed by atoms with Gasteiger partial charge in [-0.05, 0) is 31.7 Å². The molecule has 0 aliphatic carbocycles. The van der Waals surface area contributed by atoms with E-state index in [1.165, 1.54) is 0 Å². The molecule has 0 atom stereocenters. The van der Waals surface area contributed by atoms with Crippen molar-refractivity contribution >= 4 is 17.0 Å². The van der Waals surface area contributed by atoms with Gasteiger partial charge in [0.15, 0.2) is 0 Å². The monoisotopic (exact) mass is 286 g/mol. The molecule has 1 N–H and O–H groups in total. The first-order chi connectivity index (χ1) is 10.0. The van der Waals surface area contributed by atoms with Gasteiger partial charge in [-0.1, -0.05) is 6.07 Å². The van der Waals surface area contributed by atoms with Crippen LogP contribution < -0.4 is 0 Å². The highest BCUT2D eigenvalue weighted by molar-refractivity contribution is 5.77. The Balaban J connectivity index is 2.27. The lowest BCUT2D eigenvalue weighted by Gasteiger charge is -2.15. The summed E-state index contributed by atoms with van der Waals surface area (Å²) in [4.78, 5) is 17.1. The summed E-state index contributed by atoms with van der Waals surface area (Å²) in [6.07, 6.45) is 0.0914. The van der Waals surface area contributed by atoms with Gasteiger partial charge in [0, 0.05) is 6.54 Å². The maximum absolute atomic E-state index is 10.6. The molecular weight excluding hydrogens is 268 g/mol. The van der Waals surface area contributed by atoms with Crippen LogP contribution in [0, 0.1) is 18.3 Å². The van der Waals surface area contributed by atoms with Crippen molar-refractivity contribution in [1.29, 1.82) is 5.26 Å². The number of benzene rings is 1. The molecule has 1 aromatic carbocycles. The van der Waals surface area contributed by atoms with Crippen LogP contribution in [-0.2, 0) is 17.9 Å². The fourth-order valence-corrected chi connectivity index (χ4v) is 2.26. The van der Waals surface area contributed by atoms with Gasteiger partial charge in [-0.15, -0.1) is 0 Å². The van der Waals surface area contributed by atoms with Gasteiger partial charge < -0.3 is 9.67 Å². The molecule has 2 aromatic rings. The summed E-state index contributed by atoms with van der Waals surface area (Å²) in [5, 5.41) is 17.7. The van der Waals surface area contributed by atoms with Crippen LogP contribution in [0.15, 0.2) is 18.2 Å². The Hall–Kier alpha value is -2.39. The molecule has 0 saturated carbocycles. The lowest BCUT2D eigenvalue weighted by Crippen LogP contribution is -2.23. The Morgan fingerprint density at radius 2 is 2.29 bits per heavy atom. The van der Waals surface area contributed by atoms with Gasteiger partial charge in [0.25, 0.3) is 0 Å². The summed E-state index contributed by atoms with van der Waals surface area (Å²) >= 11 is 0. The quantitative estimate of drug-likeness (QED) is 0.875. The van der Waals surface area contributed by atoms with Crippen LogP contribution in [0.4, 0.5) is 0 Å². The van der Waals surface area contributed by atoms with E-state index in [4.69, 9.17) is 10.4 Å². The van der Waals surface area contributed by atoms with Crippen molar-refractivity contribution in [2.45, 2.75) is 26.4 Å². The zero-order valence-corrected chi connectivity index (χ0v) is 12.2. The third kappa shape index (κ3) is 3.58. The first kappa shape index (κ1) is 15.0. The number of aromatic nitrogens is 2. The number of carboxylic acid groups (broad SMARTS) is 1. The summed E-state index contributed by atoms with van der Waals surface area (Å²) < 4.78 is 1.88. The molecule has 1 heterocycles. The lowest BCUT2D eigenvalue weighted by atomic mass is 10.2. The summed E-state index contributed by atoms with van der Waals surface area (Å²) in [5.74, 6) is -0.0342. The highest BCUT2D eigenvalue weighted by Gasteiger charge is 2.13. The number of rotatable bonds is 6. The summed E-state index contributed by atoms with van der Waals surface area (Å²) in [6.45, 7) is 3.20. The van der Waals surface area contributed by atoms with E-state index < -0.39 is 5.97 Å². The second-order valence-corrected chi connectivity index (χ2v) is 5.15. The van der Waals surface area contributed by atoms with Crippen molar-refractivity contribution in [1.82, 2.24) is 14.5 Å². The van der Waals surface area contributed by atoms with E-state index >= 15 is 0 Å². The van der Waals surface area contributed by atoms with Crippen molar-refractivity contribution in [3.63, 3.8) is 0 Å². The molecule has 1 aromatic heterocycles. The molecule has 21 heavy (non-hydrogen) atoms. The van der Waals surface area contributed by atoms with Gasteiger partial charge in [-0.3, -0.25) is 9.69 Å². The molecule has 0 amide bonds. The summed E-state index contributed by atoms with van der Waals surface area (Å²) in [6, 6.07) is 8.10. The Morgan fingerprint density at radius 1 is 1.52 bits per heavy atom. The van der Waals surface area contributed by atoms with Gasteiger partial charge >= 0.3 is 5.97 Å². The van der Waals surface area contributed by atoms with E-state index in [1.807, 2.05) is 41.6 Å². The number of imidazole rings is 1. The van der Waals surface area contributed by atoms with E-state index in [9.17, 15) is 4.79 Å². The Morgan fingerprint density at radius 3 is 2.95 bits per heavy atom. The van der Waals surface area contributed by atoms with Gasteiger partial charge in [0.1, 0.15) is 12.4 Å². The van der Waals surface area contributed by atoms with Crippen molar-refractivity contribution in [3.8, 4) is 6.07 Å². The Labute approximate surface area is 123 Å². The van der Waals surface area contributed by atoms with Gasteiger partial charge in [-0.25, -0.2) is 4.98 Å². The predicted molar refractivity (Wildman–Crippen MR) is 78.7 cm³/mol. The van der Waals surface area contributed by atoms with Crippen molar-refractivity contribution in [2.75, 3.05) is 13.6 Å². The summed E-state index contributed by atoms with van der Waals surface area (Å²) in [5.41, 5.74) is 2.92. The molecule has 0 saturated heterocycles. The van der Waals surface area contributed by atoms with Crippen molar-refractivity contribution in [2.24, 2.45) is 0 Å². The Bertz CT molecular complexity index is 699. The van der Waals surface area contributed by atoms with Crippen LogP contribution in [0.1, 0.15) is 17.8 Å². The van der Waals surface area contributed by atoms with Crippen LogP contribution >= 0.6 is 0 Å². The highest BCUT2D eigenvalue weighted by atomic mass is 16.4. The number of aliphatic carboxylic acids is 1. The molecule has 0 radical (unpaired) electrons. The Kier molecular flexibility index (Phi) is 4.55. The normalized spacial score (nSPS) is 11.0. The maximum atomic E-state index is 10.6. The number of nitrogens with zero attached hydrogens (tertiary/aromatic N) is 4. The minimum absolute atomic E-state index is 0.0914. The summed E-state index contributed by atoms with van der Waals surface area (Å²) in [7, 11) is 1.85.